The van der Waals surface area contributed by atoms with E-state index in [-0.39, 0.29) is 37.0 Å². The summed E-state index contributed by atoms with van der Waals surface area (Å²) in [6, 6.07) is 9.64. The summed E-state index contributed by atoms with van der Waals surface area (Å²) in [5.74, 6) is -4.31. The van der Waals surface area contributed by atoms with Crippen molar-refractivity contribution in [1.29, 1.82) is 0 Å². The highest BCUT2D eigenvalue weighted by atomic mass is 16.2. The number of rotatable bonds is 26. The number of benzene rings is 2. The molecule has 3 rings (SSSR count). The van der Waals surface area contributed by atoms with Crippen LogP contribution in [0, 0.1) is 17.8 Å². The van der Waals surface area contributed by atoms with Crippen molar-refractivity contribution in [3.8, 4) is 0 Å². The highest BCUT2D eigenvalue weighted by Gasteiger charge is 2.34. The van der Waals surface area contributed by atoms with Crippen molar-refractivity contribution in [3.05, 3.63) is 71.9 Å². The van der Waals surface area contributed by atoms with Gasteiger partial charge in [-0.3, -0.25) is 28.8 Å². The van der Waals surface area contributed by atoms with Gasteiger partial charge in [0.1, 0.15) is 36.5 Å². The molecule has 1 unspecified atom stereocenters. The molecule has 0 aliphatic rings. The van der Waals surface area contributed by atoms with E-state index in [1.807, 2.05) is 82.3 Å². The molecule has 6 amide bonds. The molecule has 62 heavy (non-hydrogen) atoms. The quantitative estimate of drug-likeness (QED) is 0.0423. The molecule has 8 atom stereocenters. The minimum absolute atomic E-state index is 0.0252. The maximum absolute atomic E-state index is 14.3. The van der Waals surface area contributed by atoms with Gasteiger partial charge in [0.05, 0.1) is 12.1 Å². The third-order valence-electron chi connectivity index (χ3n) is 11.0. The number of H-pyrrole nitrogens is 1. The van der Waals surface area contributed by atoms with Crippen molar-refractivity contribution in [3.63, 3.8) is 0 Å². The number of carbonyl (C=O) groups is 7. The molecule has 340 valence electrons. The average Bonchev–Trinajstić information content (AvgIpc) is 3.65. The molecular formula is C46H69N9O7. The van der Waals surface area contributed by atoms with Crippen LogP contribution >= 0.6 is 0 Å². The highest BCUT2D eigenvalue weighted by Crippen LogP contribution is 2.20. The molecule has 0 aliphatic carbocycles. The van der Waals surface area contributed by atoms with E-state index in [1.54, 1.807) is 20.0 Å². The van der Waals surface area contributed by atoms with Gasteiger partial charge in [-0.05, 0) is 80.5 Å². The number of carbonyl (C=O) groups excluding carboxylic acids is 7. The lowest BCUT2D eigenvalue weighted by Gasteiger charge is -2.29. The molecular weight excluding hydrogens is 791 g/mol. The third-order valence-corrected chi connectivity index (χ3v) is 11.0. The lowest BCUT2D eigenvalue weighted by Crippen LogP contribution is -2.60. The molecule has 11 N–H and O–H groups in total. The SMILES string of the molecule is CC[C@H](C)[C@H](NC(=O)[C@@H](N)Cc1ccccc1)C(=O)N[C@@H](C)C(=O)N[C@@H](Cc1c[nH]c2ccccc12)C(=O)N[C@@H](CC(C)C)C(=O)N[C@H](C(=O)NC(C=O)CCCCN)C(C)C. The van der Waals surface area contributed by atoms with E-state index in [4.69, 9.17) is 11.5 Å². The van der Waals surface area contributed by atoms with Gasteiger partial charge < -0.3 is 53.1 Å². The number of aromatic amines is 1. The summed E-state index contributed by atoms with van der Waals surface area (Å²) in [4.78, 5) is 97.4. The van der Waals surface area contributed by atoms with Crippen molar-refractivity contribution >= 4 is 52.6 Å². The number of aldehydes is 1. The maximum atomic E-state index is 14.3. The van der Waals surface area contributed by atoms with Crippen LogP contribution in [-0.4, -0.2) is 95.6 Å². The zero-order chi connectivity index (χ0) is 45.9. The molecule has 0 bridgehead atoms. The van der Waals surface area contributed by atoms with Gasteiger partial charge in [-0.15, -0.1) is 0 Å². The standard InChI is InChI=1S/C46H69N9O7/c1-8-29(6)40(55-42(58)35(48)23-31-16-10-9-11-17-31)46(62)50-30(7)41(57)52-38(24-32-25-49-36-20-13-12-19-34(32)36)43(59)53-37(22-27(2)3)44(60)54-39(28(4)5)45(61)51-33(26-56)18-14-15-21-47/h9-13,16-17,19-20,25-30,33,35,37-40,49H,8,14-15,18,21-24,47-48H2,1-7H3,(H,50,62)(H,51,61)(H,52,57)(H,53,59)(H,54,60)(H,55,58)/t29-,30-,33?,35-,37-,38-,39-,40-/m0/s1. The second-order valence-electron chi connectivity index (χ2n) is 17.0. The fourth-order valence-corrected chi connectivity index (χ4v) is 7.04. The Hall–Kier alpha value is -5.61. The first-order valence-corrected chi connectivity index (χ1v) is 21.8. The van der Waals surface area contributed by atoms with Crippen molar-refractivity contribution in [2.45, 2.75) is 136 Å². The van der Waals surface area contributed by atoms with Crippen LogP contribution in [-0.2, 0) is 46.4 Å². The number of nitrogens with two attached hydrogens (primary N) is 2. The molecule has 16 heteroatoms. The Balaban J connectivity index is 1.82. The minimum Gasteiger partial charge on any atom is -0.361 e. The predicted octanol–water partition coefficient (Wildman–Crippen LogP) is 2.29. The Kier molecular flexibility index (Phi) is 20.8. The smallest absolute Gasteiger partial charge is 0.243 e. The van der Waals surface area contributed by atoms with Crippen LogP contribution in [0.1, 0.15) is 91.7 Å². The van der Waals surface area contributed by atoms with Gasteiger partial charge in [-0.2, -0.15) is 0 Å². The Morgan fingerprint density at radius 3 is 1.92 bits per heavy atom. The van der Waals surface area contributed by atoms with Crippen LogP contribution in [0.25, 0.3) is 10.9 Å². The summed E-state index contributed by atoms with van der Waals surface area (Å²) >= 11 is 0. The number of hydrogen-bond donors (Lipinski definition) is 9. The molecule has 0 saturated carbocycles. The van der Waals surface area contributed by atoms with Gasteiger partial charge in [0.15, 0.2) is 0 Å². The number of fused-ring (bicyclic) bond motifs is 1. The monoisotopic (exact) mass is 860 g/mol. The number of nitrogens with one attached hydrogen (secondary N) is 7. The molecule has 0 aliphatic heterocycles. The molecule has 0 radical (unpaired) electrons. The minimum atomic E-state index is -1.21. The summed E-state index contributed by atoms with van der Waals surface area (Å²) in [5.41, 5.74) is 14.2. The van der Waals surface area contributed by atoms with Crippen LogP contribution in [0.2, 0.25) is 0 Å². The van der Waals surface area contributed by atoms with Crippen LogP contribution in [0.5, 0.6) is 0 Å². The predicted molar refractivity (Wildman–Crippen MR) is 240 cm³/mol. The lowest BCUT2D eigenvalue weighted by atomic mass is 9.97. The fraction of sp³-hybridized carbons (Fsp3) is 0.543. The number of unbranched alkanes of at least 4 members (excludes halogenated alkanes) is 1. The van der Waals surface area contributed by atoms with Crippen molar-refractivity contribution in [2.75, 3.05) is 6.54 Å². The van der Waals surface area contributed by atoms with E-state index >= 15 is 0 Å². The number of hydrogen-bond acceptors (Lipinski definition) is 9. The highest BCUT2D eigenvalue weighted by molar-refractivity contribution is 5.97. The zero-order valence-corrected chi connectivity index (χ0v) is 37.3. The van der Waals surface area contributed by atoms with Crippen LogP contribution < -0.4 is 43.4 Å². The van der Waals surface area contributed by atoms with Crippen molar-refractivity contribution in [2.24, 2.45) is 29.2 Å². The van der Waals surface area contributed by atoms with Gasteiger partial charge >= 0.3 is 0 Å². The first-order valence-electron chi connectivity index (χ1n) is 21.8. The average molecular weight is 860 g/mol. The molecule has 1 heterocycles. The first-order chi connectivity index (χ1) is 29.5. The second kappa shape index (κ2) is 25.4. The van der Waals surface area contributed by atoms with Crippen LogP contribution in [0.15, 0.2) is 60.8 Å². The largest absolute Gasteiger partial charge is 0.361 e. The maximum Gasteiger partial charge on any atom is 0.243 e. The van der Waals surface area contributed by atoms with Gasteiger partial charge in [-0.25, -0.2) is 0 Å². The lowest BCUT2D eigenvalue weighted by molar-refractivity contribution is -0.135. The number of aromatic nitrogens is 1. The van der Waals surface area contributed by atoms with E-state index in [9.17, 15) is 33.6 Å². The Labute approximate surface area is 365 Å². The molecule has 0 saturated heterocycles. The topological polar surface area (TPSA) is 259 Å². The summed E-state index contributed by atoms with van der Waals surface area (Å²) < 4.78 is 0. The normalized spacial score (nSPS) is 15.3. The van der Waals surface area contributed by atoms with Crippen molar-refractivity contribution in [1.82, 2.24) is 36.9 Å². The molecule has 16 nitrogen and oxygen atoms in total. The summed E-state index contributed by atoms with van der Waals surface area (Å²) in [6.45, 7) is 12.9. The Morgan fingerprint density at radius 1 is 0.677 bits per heavy atom. The van der Waals surface area contributed by atoms with Crippen molar-refractivity contribution < 1.29 is 33.6 Å². The number of para-hydroxylation sites is 1. The van der Waals surface area contributed by atoms with E-state index in [2.05, 4.69) is 36.9 Å². The molecule has 0 fully saturated rings. The van der Waals surface area contributed by atoms with Gasteiger partial charge in [-0.1, -0.05) is 96.5 Å². The molecule has 0 spiro atoms. The zero-order valence-electron chi connectivity index (χ0n) is 37.3. The second-order valence-corrected chi connectivity index (χ2v) is 17.0. The first kappa shape index (κ1) is 50.7. The molecule has 3 aromatic rings. The fourth-order valence-electron chi connectivity index (χ4n) is 7.04. The van der Waals surface area contributed by atoms with E-state index in [0.29, 0.717) is 38.5 Å². The van der Waals surface area contributed by atoms with Gasteiger partial charge in [0.25, 0.3) is 0 Å². The Bertz CT molecular complexity index is 1940. The number of amides is 6. The van der Waals surface area contributed by atoms with Gasteiger partial charge in [0.2, 0.25) is 35.4 Å². The van der Waals surface area contributed by atoms with E-state index < -0.39 is 77.7 Å². The summed E-state index contributed by atoms with van der Waals surface area (Å²) in [7, 11) is 0. The van der Waals surface area contributed by atoms with Crippen LogP contribution in [0.3, 0.4) is 0 Å². The molecule has 2 aromatic carbocycles. The Morgan fingerprint density at radius 2 is 1.29 bits per heavy atom. The third kappa shape index (κ3) is 15.7. The summed E-state index contributed by atoms with van der Waals surface area (Å²) in [6.07, 6.45) is 5.20. The van der Waals surface area contributed by atoms with Gasteiger partial charge in [0, 0.05) is 23.5 Å². The van der Waals surface area contributed by atoms with E-state index in [1.165, 1.54) is 6.92 Å². The van der Waals surface area contributed by atoms with E-state index in [0.717, 1.165) is 22.0 Å². The van der Waals surface area contributed by atoms with Crippen LogP contribution in [0.4, 0.5) is 0 Å². The summed E-state index contributed by atoms with van der Waals surface area (Å²) in [5, 5.41) is 17.4. The molecule has 1 aromatic heterocycles.